The number of anilines is 1. The third-order valence-electron chi connectivity index (χ3n) is 5.01. The van der Waals surface area contributed by atoms with Crippen LogP contribution < -0.4 is 15.4 Å². The molecule has 1 aliphatic heterocycles. The van der Waals surface area contributed by atoms with Crippen molar-refractivity contribution in [1.29, 1.82) is 0 Å². The summed E-state index contributed by atoms with van der Waals surface area (Å²) in [6.07, 6.45) is 2.89. The molecule has 1 amide bonds. The van der Waals surface area contributed by atoms with Gasteiger partial charge in [-0.2, -0.15) is 0 Å². The Hall–Kier alpha value is -1.49. The SMILES string of the molecule is CCc1ccc(N[C@H]2NC(=O)/C(=C/c3cc(Br)c(OCc4ccc(I)cc4)c(Br)c3)S2)cc1. The monoisotopic (exact) mass is 698 g/mol. The standard InChI is InChI=1S/C25H21Br2IN2O2S/c1-2-15-5-9-19(10-6-15)29-25-30-24(31)22(33-25)13-17-11-20(26)23(21(27)12-17)32-14-16-3-7-18(28)8-4-16/h3-13,25,29H,2,14H2,1H3,(H,30,31)/b22-13-/t25-/m0/s1. The Balaban J connectivity index is 1.43. The fourth-order valence-electron chi connectivity index (χ4n) is 3.24. The third-order valence-corrected chi connectivity index (χ3v) is 7.93. The summed E-state index contributed by atoms with van der Waals surface area (Å²) < 4.78 is 8.86. The van der Waals surface area contributed by atoms with E-state index in [1.807, 2.05) is 30.3 Å². The predicted octanol–water partition coefficient (Wildman–Crippen LogP) is 7.56. The smallest absolute Gasteiger partial charge is 0.260 e. The zero-order valence-electron chi connectivity index (χ0n) is 17.7. The number of hydrogen-bond donors (Lipinski definition) is 2. The molecule has 2 N–H and O–H groups in total. The number of rotatable bonds is 7. The highest BCUT2D eigenvalue weighted by Crippen LogP contribution is 2.37. The summed E-state index contributed by atoms with van der Waals surface area (Å²) in [6.45, 7) is 2.60. The van der Waals surface area contributed by atoms with E-state index >= 15 is 0 Å². The summed E-state index contributed by atoms with van der Waals surface area (Å²) >= 11 is 11.0. The van der Waals surface area contributed by atoms with Crippen molar-refractivity contribution < 1.29 is 9.53 Å². The van der Waals surface area contributed by atoms with Crippen LogP contribution in [0.25, 0.3) is 6.08 Å². The first kappa shape index (κ1) is 24.6. The van der Waals surface area contributed by atoms with Crippen molar-refractivity contribution in [2.24, 2.45) is 0 Å². The molecule has 3 aromatic carbocycles. The number of amides is 1. The van der Waals surface area contributed by atoms with E-state index in [0.29, 0.717) is 11.5 Å². The first-order valence-electron chi connectivity index (χ1n) is 10.3. The molecular weight excluding hydrogens is 679 g/mol. The molecule has 3 aromatic rings. The number of benzene rings is 3. The molecule has 1 heterocycles. The summed E-state index contributed by atoms with van der Waals surface area (Å²) in [5.41, 5.74) is 4.06. The summed E-state index contributed by atoms with van der Waals surface area (Å²) in [5, 5.41) is 6.34. The molecule has 0 saturated carbocycles. The van der Waals surface area contributed by atoms with Crippen LogP contribution in [0.15, 0.2) is 74.5 Å². The van der Waals surface area contributed by atoms with Gasteiger partial charge < -0.3 is 15.4 Å². The number of carbonyl (C=O) groups is 1. The van der Waals surface area contributed by atoms with Crippen LogP contribution in [0.3, 0.4) is 0 Å². The molecule has 0 aliphatic carbocycles. The van der Waals surface area contributed by atoms with E-state index in [9.17, 15) is 4.79 Å². The summed E-state index contributed by atoms with van der Waals surface area (Å²) in [6, 6.07) is 20.4. The molecule has 1 saturated heterocycles. The Labute approximate surface area is 228 Å². The molecule has 1 atom stereocenters. The van der Waals surface area contributed by atoms with Crippen LogP contribution in [0.1, 0.15) is 23.6 Å². The van der Waals surface area contributed by atoms with Gasteiger partial charge in [0.15, 0.2) is 5.50 Å². The minimum Gasteiger partial charge on any atom is -0.487 e. The Morgan fingerprint density at radius 1 is 1.06 bits per heavy atom. The van der Waals surface area contributed by atoms with Gasteiger partial charge in [0.25, 0.3) is 5.91 Å². The van der Waals surface area contributed by atoms with E-state index in [1.54, 1.807) is 0 Å². The largest absolute Gasteiger partial charge is 0.487 e. The molecule has 0 spiro atoms. The molecule has 4 rings (SSSR count). The molecule has 0 bridgehead atoms. The van der Waals surface area contributed by atoms with E-state index in [-0.39, 0.29) is 11.4 Å². The van der Waals surface area contributed by atoms with Gasteiger partial charge in [0.05, 0.1) is 13.9 Å². The number of thioether (sulfide) groups is 1. The lowest BCUT2D eigenvalue weighted by Crippen LogP contribution is -2.30. The maximum atomic E-state index is 12.5. The molecule has 0 aromatic heterocycles. The maximum absolute atomic E-state index is 12.5. The van der Waals surface area contributed by atoms with E-state index in [2.05, 4.69) is 108 Å². The van der Waals surface area contributed by atoms with Crippen molar-refractivity contribution >= 4 is 83.9 Å². The second kappa shape index (κ2) is 11.3. The van der Waals surface area contributed by atoms with E-state index in [0.717, 1.165) is 37.9 Å². The van der Waals surface area contributed by atoms with Crippen LogP contribution in [-0.4, -0.2) is 11.4 Å². The molecular formula is C25H21Br2IN2O2S. The topological polar surface area (TPSA) is 50.4 Å². The Bertz CT molecular complexity index is 1160. The maximum Gasteiger partial charge on any atom is 0.260 e. The van der Waals surface area contributed by atoms with Crippen LogP contribution in [0.4, 0.5) is 5.69 Å². The Morgan fingerprint density at radius 3 is 2.33 bits per heavy atom. The average molecular weight is 700 g/mol. The first-order chi connectivity index (χ1) is 15.9. The number of hydrogen-bond acceptors (Lipinski definition) is 4. The minimum absolute atomic E-state index is 0.0889. The summed E-state index contributed by atoms with van der Waals surface area (Å²) in [4.78, 5) is 13.2. The molecule has 8 heteroatoms. The molecule has 0 radical (unpaired) electrons. The minimum atomic E-state index is -0.209. The van der Waals surface area contributed by atoms with Crippen molar-refractivity contribution in [2.45, 2.75) is 25.4 Å². The number of halogens is 3. The van der Waals surface area contributed by atoms with Gasteiger partial charge in [-0.05, 0) is 120 Å². The zero-order chi connectivity index (χ0) is 23.4. The van der Waals surface area contributed by atoms with Crippen molar-refractivity contribution in [3.63, 3.8) is 0 Å². The van der Waals surface area contributed by atoms with E-state index in [1.165, 1.54) is 20.9 Å². The third kappa shape index (κ3) is 6.55. The van der Waals surface area contributed by atoms with Gasteiger partial charge in [-0.3, -0.25) is 4.79 Å². The Kier molecular flexibility index (Phi) is 8.43. The quantitative estimate of drug-likeness (QED) is 0.198. The van der Waals surface area contributed by atoms with Crippen LogP contribution in [-0.2, 0) is 17.8 Å². The van der Waals surface area contributed by atoms with Crippen molar-refractivity contribution in [3.8, 4) is 5.75 Å². The summed E-state index contributed by atoms with van der Waals surface area (Å²) in [5.74, 6) is 0.642. The summed E-state index contributed by atoms with van der Waals surface area (Å²) in [7, 11) is 0. The average Bonchev–Trinajstić information content (AvgIpc) is 3.13. The Morgan fingerprint density at radius 2 is 1.70 bits per heavy atom. The number of nitrogens with one attached hydrogen (secondary N) is 2. The second-order valence-corrected chi connectivity index (χ2v) is 11.5. The van der Waals surface area contributed by atoms with Gasteiger partial charge in [0.2, 0.25) is 0 Å². The predicted molar refractivity (Wildman–Crippen MR) is 152 cm³/mol. The van der Waals surface area contributed by atoms with Gasteiger partial charge in [0, 0.05) is 9.26 Å². The first-order valence-corrected chi connectivity index (χ1v) is 13.9. The molecule has 170 valence electrons. The second-order valence-electron chi connectivity index (χ2n) is 7.40. The molecule has 4 nitrogen and oxygen atoms in total. The number of aryl methyl sites for hydroxylation is 1. The van der Waals surface area contributed by atoms with Gasteiger partial charge in [-0.1, -0.05) is 43.0 Å². The van der Waals surface area contributed by atoms with Crippen molar-refractivity contribution in [2.75, 3.05) is 5.32 Å². The van der Waals surface area contributed by atoms with E-state index < -0.39 is 0 Å². The number of ether oxygens (including phenoxy) is 1. The normalized spacial score (nSPS) is 16.7. The molecule has 1 aliphatic rings. The lowest BCUT2D eigenvalue weighted by molar-refractivity contribution is -0.116. The van der Waals surface area contributed by atoms with Gasteiger partial charge in [0.1, 0.15) is 12.4 Å². The van der Waals surface area contributed by atoms with Crippen LogP contribution in [0.2, 0.25) is 0 Å². The molecule has 33 heavy (non-hydrogen) atoms. The fourth-order valence-corrected chi connectivity index (χ4v) is 6.04. The van der Waals surface area contributed by atoms with Gasteiger partial charge in [-0.15, -0.1) is 0 Å². The van der Waals surface area contributed by atoms with Gasteiger partial charge >= 0.3 is 0 Å². The fraction of sp³-hybridized carbons (Fsp3) is 0.160. The molecule has 0 unspecified atom stereocenters. The highest BCUT2D eigenvalue weighted by atomic mass is 127. The van der Waals surface area contributed by atoms with Gasteiger partial charge in [-0.25, -0.2) is 0 Å². The lowest BCUT2D eigenvalue weighted by Gasteiger charge is -2.13. The highest BCUT2D eigenvalue weighted by molar-refractivity contribution is 14.1. The van der Waals surface area contributed by atoms with Crippen molar-refractivity contribution in [1.82, 2.24) is 5.32 Å². The number of carbonyl (C=O) groups excluding carboxylic acids is 1. The van der Waals surface area contributed by atoms with Crippen LogP contribution in [0.5, 0.6) is 5.75 Å². The van der Waals surface area contributed by atoms with Crippen LogP contribution in [0, 0.1) is 3.57 Å². The molecule has 1 fully saturated rings. The van der Waals surface area contributed by atoms with Crippen molar-refractivity contribution in [3.05, 3.63) is 94.8 Å². The zero-order valence-corrected chi connectivity index (χ0v) is 23.8. The van der Waals surface area contributed by atoms with E-state index in [4.69, 9.17) is 4.74 Å². The van der Waals surface area contributed by atoms with Crippen LogP contribution >= 0.6 is 66.2 Å². The lowest BCUT2D eigenvalue weighted by atomic mass is 10.1. The highest BCUT2D eigenvalue weighted by Gasteiger charge is 2.27.